The molecule has 0 radical (unpaired) electrons. The van der Waals surface area contributed by atoms with Crippen LogP contribution in [0.4, 0.5) is 17.1 Å². The molecule has 1 aliphatic rings. The molecule has 0 bridgehead atoms. The molecule has 1 aliphatic heterocycles. The van der Waals surface area contributed by atoms with Crippen molar-refractivity contribution in [3.8, 4) is 0 Å². The number of hydrogen-bond acceptors (Lipinski definition) is 5. The lowest BCUT2D eigenvalue weighted by atomic mass is 9.99. The SMILES string of the molecule is O=[N+]([O-])c1cccc2c3c(cc([N+](=O)[O-])c12)NCC3. The van der Waals surface area contributed by atoms with E-state index >= 15 is 0 Å². The molecule has 1 heterocycles. The van der Waals surface area contributed by atoms with Gasteiger partial charge in [-0.1, -0.05) is 12.1 Å². The van der Waals surface area contributed by atoms with Gasteiger partial charge in [-0.15, -0.1) is 0 Å². The maximum Gasteiger partial charge on any atom is 0.286 e. The second-order valence-electron chi connectivity index (χ2n) is 4.31. The van der Waals surface area contributed by atoms with Gasteiger partial charge in [-0.2, -0.15) is 0 Å². The Labute approximate surface area is 107 Å². The van der Waals surface area contributed by atoms with Crippen molar-refractivity contribution in [1.82, 2.24) is 0 Å². The van der Waals surface area contributed by atoms with Crippen molar-refractivity contribution in [2.75, 3.05) is 11.9 Å². The van der Waals surface area contributed by atoms with Crippen molar-refractivity contribution < 1.29 is 9.85 Å². The molecule has 19 heavy (non-hydrogen) atoms. The van der Waals surface area contributed by atoms with Crippen molar-refractivity contribution in [3.63, 3.8) is 0 Å². The van der Waals surface area contributed by atoms with E-state index < -0.39 is 9.85 Å². The highest BCUT2D eigenvalue weighted by Crippen LogP contribution is 2.41. The average Bonchev–Trinajstić information content (AvgIpc) is 2.84. The fraction of sp³-hybridized carbons (Fsp3) is 0.167. The Morgan fingerprint density at radius 3 is 2.53 bits per heavy atom. The molecule has 0 aromatic heterocycles. The Hall–Kier alpha value is -2.70. The normalized spacial score (nSPS) is 13.1. The van der Waals surface area contributed by atoms with Gasteiger partial charge in [-0.05, 0) is 12.0 Å². The third kappa shape index (κ3) is 1.59. The first kappa shape index (κ1) is 11.4. The minimum Gasteiger partial charge on any atom is -0.384 e. The van der Waals surface area contributed by atoms with Gasteiger partial charge in [0.05, 0.1) is 9.85 Å². The van der Waals surface area contributed by atoms with E-state index in [0.29, 0.717) is 24.0 Å². The number of benzene rings is 2. The fourth-order valence-electron chi connectivity index (χ4n) is 2.55. The van der Waals surface area contributed by atoms with Crippen LogP contribution >= 0.6 is 0 Å². The largest absolute Gasteiger partial charge is 0.384 e. The fourth-order valence-corrected chi connectivity index (χ4v) is 2.55. The smallest absolute Gasteiger partial charge is 0.286 e. The van der Waals surface area contributed by atoms with Crippen LogP contribution in [0.15, 0.2) is 24.3 Å². The van der Waals surface area contributed by atoms with E-state index in [-0.39, 0.29) is 16.8 Å². The van der Waals surface area contributed by atoms with Crippen molar-refractivity contribution in [2.45, 2.75) is 6.42 Å². The summed E-state index contributed by atoms with van der Waals surface area (Å²) in [5, 5.41) is 26.0. The van der Waals surface area contributed by atoms with E-state index in [2.05, 4.69) is 5.32 Å². The number of nitro groups is 2. The monoisotopic (exact) mass is 259 g/mol. The summed E-state index contributed by atoms with van der Waals surface area (Å²) in [4.78, 5) is 21.0. The highest BCUT2D eigenvalue weighted by Gasteiger charge is 2.27. The van der Waals surface area contributed by atoms with E-state index in [1.807, 2.05) is 0 Å². The quantitative estimate of drug-likeness (QED) is 0.660. The molecule has 0 aliphatic carbocycles. The summed E-state index contributed by atoms with van der Waals surface area (Å²) in [6.45, 7) is 0.689. The van der Waals surface area contributed by atoms with Gasteiger partial charge < -0.3 is 5.32 Å². The molecular formula is C12H9N3O4. The molecule has 1 N–H and O–H groups in total. The highest BCUT2D eigenvalue weighted by atomic mass is 16.6. The zero-order valence-corrected chi connectivity index (χ0v) is 9.75. The van der Waals surface area contributed by atoms with Crippen molar-refractivity contribution in [3.05, 3.63) is 50.1 Å². The number of nitrogens with zero attached hydrogens (tertiary/aromatic N) is 2. The van der Waals surface area contributed by atoms with Crippen molar-refractivity contribution >= 4 is 27.8 Å². The molecule has 0 spiro atoms. The van der Waals surface area contributed by atoms with Crippen LogP contribution in [-0.2, 0) is 6.42 Å². The van der Waals surface area contributed by atoms with E-state index in [9.17, 15) is 20.2 Å². The van der Waals surface area contributed by atoms with Gasteiger partial charge in [0.2, 0.25) is 0 Å². The number of rotatable bonds is 2. The Balaban J connectivity index is 2.50. The second-order valence-corrected chi connectivity index (χ2v) is 4.31. The first-order valence-electron chi connectivity index (χ1n) is 5.71. The van der Waals surface area contributed by atoms with Gasteiger partial charge in [0, 0.05) is 29.8 Å². The molecule has 96 valence electrons. The summed E-state index contributed by atoms with van der Waals surface area (Å²) in [5.74, 6) is 0. The topological polar surface area (TPSA) is 98.3 Å². The van der Waals surface area contributed by atoms with Gasteiger partial charge in [-0.25, -0.2) is 0 Å². The minimum absolute atomic E-state index is 0.111. The molecule has 0 unspecified atom stereocenters. The first-order chi connectivity index (χ1) is 9.09. The Kier molecular flexibility index (Phi) is 2.34. The lowest BCUT2D eigenvalue weighted by Crippen LogP contribution is -1.97. The summed E-state index contributed by atoms with van der Waals surface area (Å²) in [5.41, 5.74) is 1.15. The predicted octanol–water partition coefficient (Wildman–Crippen LogP) is 2.62. The molecule has 3 rings (SSSR count). The molecule has 0 atom stereocenters. The van der Waals surface area contributed by atoms with Crippen LogP contribution < -0.4 is 5.32 Å². The maximum atomic E-state index is 11.1. The van der Waals surface area contributed by atoms with Crippen molar-refractivity contribution in [1.29, 1.82) is 0 Å². The minimum atomic E-state index is -0.579. The van der Waals surface area contributed by atoms with Crippen LogP contribution in [0.5, 0.6) is 0 Å². The van der Waals surface area contributed by atoms with E-state index in [1.54, 1.807) is 12.1 Å². The Morgan fingerprint density at radius 2 is 1.84 bits per heavy atom. The third-order valence-electron chi connectivity index (χ3n) is 3.31. The molecule has 0 saturated heterocycles. The van der Waals surface area contributed by atoms with Crippen LogP contribution in [0.3, 0.4) is 0 Å². The van der Waals surface area contributed by atoms with Crippen LogP contribution in [0, 0.1) is 20.2 Å². The molecular weight excluding hydrogens is 250 g/mol. The number of hydrogen-bond donors (Lipinski definition) is 1. The van der Waals surface area contributed by atoms with Crippen LogP contribution in [0.1, 0.15) is 5.56 Å². The summed E-state index contributed by atoms with van der Waals surface area (Å²) >= 11 is 0. The number of fused-ring (bicyclic) bond motifs is 3. The van der Waals surface area contributed by atoms with Crippen LogP contribution in [-0.4, -0.2) is 16.4 Å². The molecule has 0 saturated carbocycles. The number of non-ortho nitro benzene ring substituents is 2. The van der Waals surface area contributed by atoms with E-state index in [1.165, 1.54) is 12.1 Å². The van der Waals surface area contributed by atoms with Gasteiger partial charge >= 0.3 is 0 Å². The third-order valence-corrected chi connectivity index (χ3v) is 3.31. The molecule has 2 aromatic rings. The molecule has 0 amide bonds. The average molecular weight is 259 g/mol. The Bertz CT molecular complexity index is 726. The summed E-state index contributed by atoms with van der Waals surface area (Å²) in [6.07, 6.45) is 0.713. The molecule has 2 aromatic carbocycles. The Morgan fingerprint density at radius 1 is 1.11 bits per heavy atom. The zero-order valence-electron chi connectivity index (χ0n) is 9.75. The predicted molar refractivity (Wildman–Crippen MR) is 69.5 cm³/mol. The molecule has 7 nitrogen and oxygen atoms in total. The van der Waals surface area contributed by atoms with E-state index in [0.717, 1.165) is 5.56 Å². The first-order valence-corrected chi connectivity index (χ1v) is 5.71. The number of nitro benzene ring substituents is 2. The van der Waals surface area contributed by atoms with E-state index in [4.69, 9.17) is 0 Å². The van der Waals surface area contributed by atoms with Crippen LogP contribution in [0.2, 0.25) is 0 Å². The van der Waals surface area contributed by atoms with Gasteiger partial charge in [0.25, 0.3) is 11.4 Å². The van der Waals surface area contributed by atoms with Crippen LogP contribution in [0.25, 0.3) is 10.8 Å². The second kappa shape index (κ2) is 3.91. The standard InChI is InChI=1S/C12H9N3O4/c16-14(17)10-3-1-2-8-7-4-5-13-9(7)6-11(12(8)10)15(18)19/h1-3,6,13H,4-5H2. The lowest BCUT2D eigenvalue weighted by molar-refractivity contribution is -0.390. The lowest BCUT2D eigenvalue weighted by Gasteiger charge is -2.06. The number of anilines is 1. The maximum absolute atomic E-state index is 11.1. The van der Waals surface area contributed by atoms with Gasteiger partial charge in [0.1, 0.15) is 5.39 Å². The summed E-state index contributed by atoms with van der Waals surface area (Å²) < 4.78 is 0. The van der Waals surface area contributed by atoms with Gasteiger partial charge in [0.15, 0.2) is 0 Å². The zero-order chi connectivity index (χ0) is 13.6. The summed E-state index contributed by atoms with van der Waals surface area (Å²) in [6, 6.07) is 5.94. The number of nitrogens with one attached hydrogen (secondary N) is 1. The summed E-state index contributed by atoms with van der Waals surface area (Å²) in [7, 11) is 0. The highest BCUT2D eigenvalue weighted by molar-refractivity contribution is 6.03. The van der Waals surface area contributed by atoms with Crippen molar-refractivity contribution in [2.24, 2.45) is 0 Å². The molecule has 7 heteroatoms. The van der Waals surface area contributed by atoms with Gasteiger partial charge in [-0.3, -0.25) is 20.2 Å². The molecule has 0 fully saturated rings.